The van der Waals surface area contributed by atoms with Gasteiger partial charge in [0, 0.05) is 17.3 Å². The highest BCUT2D eigenvalue weighted by atomic mass is 16.5. The zero-order valence-corrected chi connectivity index (χ0v) is 16.1. The van der Waals surface area contributed by atoms with Crippen molar-refractivity contribution in [1.82, 2.24) is 0 Å². The SMILES string of the molecule is COC(=O)c1cccc(O[C@H](C(=O)Nc2cccc(OC)c2)c2ccccc2)c1. The topological polar surface area (TPSA) is 73.9 Å². The molecular weight excluding hydrogens is 370 g/mol. The maximum Gasteiger partial charge on any atom is 0.337 e. The second-order valence-electron chi connectivity index (χ2n) is 6.15. The summed E-state index contributed by atoms with van der Waals surface area (Å²) in [5.41, 5.74) is 1.60. The van der Waals surface area contributed by atoms with Crippen LogP contribution in [0.4, 0.5) is 5.69 Å². The van der Waals surface area contributed by atoms with Crippen LogP contribution in [-0.4, -0.2) is 26.1 Å². The van der Waals surface area contributed by atoms with Crippen molar-refractivity contribution in [3.63, 3.8) is 0 Å². The van der Waals surface area contributed by atoms with E-state index in [0.29, 0.717) is 28.3 Å². The molecule has 0 saturated heterocycles. The third-order valence-electron chi connectivity index (χ3n) is 4.19. The van der Waals surface area contributed by atoms with Crippen LogP contribution in [0.2, 0.25) is 0 Å². The molecule has 1 atom stereocenters. The summed E-state index contributed by atoms with van der Waals surface area (Å²) in [4.78, 5) is 24.8. The van der Waals surface area contributed by atoms with Crippen LogP contribution in [-0.2, 0) is 9.53 Å². The van der Waals surface area contributed by atoms with Crippen molar-refractivity contribution in [2.45, 2.75) is 6.10 Å². The van der Waals surface area contributed by atoms with Gasteiger partial charge in [-0.3, -0.25) is 4.79 Å². The predicted molar refractivity (Wildman–Crippen MR) is 109 cm³/mol. The molecule has 0 unspecified atom stereocenters. The zero-order chi connectivity index (χ0) is 20.6. The second-order valence-corrected chi connectivity index (χ2v) is 6.15. The van der Waals surface area contributed by atoms with Crippen LogP contribution in [0.1, 0.15) is 22.0 Å². The van der Waals surface area contributed by atoms with Crippen LogP contribution in [0.5, 0.6) is 11.5 Å². The Morgan fingerprint density at radius 1 is 0.828 bits per heavy atom. The van der Waals surface area contributed by atoms with Crippen molar-refractivity contribution in [1.29, 1.82) is 0 Å². The van der Waals surface area contributed by atoms with Crippen LogP contribution in [0.15, 0.2) is 78.9 Å². The molecule has 29 heavy (non-hydrogen) atoms. The highest BCUT2D eigenvalue weighted by Gasteiger charge is 2.23. The fourth-order valence-corrected chi connectivity index (χ4v) is 2.76. The minimum atomic E-state index is -0.921. The molecule has 148 valence electrons. The lowest BCUT2D eigenvalue weighted by Gasteiger charge is -2.20. The first kappa shape index (κ1) is 19.9. The van der Waals surface area contributed by atoms with Crippen molar-refractivity contribution >= 4 is 17.6 Å². The number of nitrogens with one attached hydrogen (secondary N) is 1. The van der Waals surface area contributed by atoms with Crippen molar-refractivity contribution in [2.24, 2.45) is 0 Å². The monoisotopic (exact) mass is 391 g/mol. The van der Waals surface area contributed by atoms with E-state index in [4.69, 9.17) is 14.2 Å². The third-order valence-corrected chi connectivity index (χ3v) is 4.19. The molecule has 1 amide bonds. The van der Waals surface area contributed by atoms with Gasteiger partial charge in [0.15, 0.2) is 0 Å². The highest BCUT2D eigenvalue weighted by molar-refractivity contribution is 5.95. The first-order valence-corrected chi connectivity index (χ1v) is 8.95. The van der Waals surface area contributed by atoms with Gasteiger partial charge in [-0.25, -0.2) is 4.79 Å². The van der Waals surface area contributed by atoms with Crippen LogP contribution in [0.25, 0.3) is 0 Å². The van der Waals surface area contributed by atoms with Crippen molar-refractivity contribution in [3.05, 3.63) is 90.0 Å². The molecule has 0 radical (unpaired) electrons. The fourth-order valence-electron chi connectivity index (χ4n) is 2.76. The molecule has 3 aromatic rings. The largest absolute Gasteiger partial charge is 0.497 e. The maximum atomic E-state index is 13.0. The number of hydrogen-bond donors (Lipinski definition) is 1. The highest BCUT2D eigenvalue weighted by Crippen LogP contribution is 2.25. The standard InChI is InChI=1S/C23H21NO5/c1-27-19-12-7-11-18(15-19)24-22(25)21(16-8-4-3-5-9-16)29-20-13-6-10-17(14-20)23(26)28-2/h3-15,21H,1-2H3,(H,24,25)/t21-/m0/s1. The van der Waals surface area contributed by atoms with E-state index in [2.05, 4.69) is 5.32 Å². The number of ether oxygens (including phenoxy) is 3. The Bertz CT molecular complexity index is 987. The van der Waals surface area contributed by atoms with Gasteiger partial charge in [-0.05, 0) is 30.3 Å². The summed E-state index contributed by atoms with van der Waals surface area (Å²) in [6.45, 7) is 0. The van der Waals surface area contributed by atoms with Crippen molar-refractivity contribution < 1.29 is 23.8 Å². The summed E-state index contributed by atoms with van der Waals surface area (Å²) in [6.07, 6.45) is -0.921. The van der Waals surface area contributed by atoms with Gasteiger partial charge in [-0.2, -0.15) is 0 Å². The van der Waals surface area contributed by atoms with Crippen LogP contribution in [0, 0.1) is 0 Å². The van der Waals surface area contributed by atoms with Crippen LogP contribution in [0.3, 0.4) is 0 Å². The molecule has 6 nitrogen and oxygen atoms in total. The molecular formula is C23H21NO5. The molecule has 3 rings (SSSR count). The number of hydrogen-bond acceptors (Lipinski definition) is 5. The number of anilines is 1. The van der Waals surface area contributed by atoms with Gasteiger partial charge in [0.1, 0.15) is 11.5 Å². The molecule has 0 aliphatic carbocycles. The lowest BCUT2D eigenvalue weighted by atomic mass is 10.1. The van der Waals surface area contributed by atoms with E-state index in [0.717, 1.165) is 0 Å². The molecule has 0 bridgehead atoms. The Hall–Kier alpha value is -3.80. The first-order chi connectivity index (χ1) is 14.1. The molecule has 0 saturated carbocycles. The number of esters is 1. The zero-order valence-electron chi connectivity index (χ0n) is 16.1. The van der Waals surface area contributed by atoms with Crippen molar-refractivity contribution in [2.75, 3.05) is 19.5 Å². The van der Waals surface area contributed by atoms with E-state index in [-0.39, 0.29) is 5.91 Å². The molecule has 1 N–H and O–H groups in total. The number of carbonyl (C=O) groups excluding carboxylic acids is 2. The number of methoxy groups -OCH3 is 2. The summed E-state index contributed by atoms with van der Waals surface area (Å²) in [6, 6.07) is 22.7. The minimum Gasteiger partial charge on any atom is -0.497 e. The third kappa shape index (κ3) is 5.13. The molecule has 0 aliphatic rings. The molecule has 0 fully saturated rings. The molecule has 0 spiro atoms. The fraction of sp³-hybridized carbons (Fsp3) is 0.130. The Morgan fingerprint density at radius 3 is 2.28 bits per heavy atom. The van der Waals surface area contributed by atoms with Crippen molar-refractivity contribution in [3.8, 4) is 11.5 Å². The van der Waals surface area contributed by atoms with Gasteiger partial charge in [0.2, 0.25) is 6.10 Å². The van der Waals surface area contributed by atoms with E-state index >= 15 is 0 Å². The summed E-state index contributed by atoms with van der Waals surface area (Å²) in [5.74, 6) is 0.175. The Morgan fingerprint density at radius 2 is 1.55 bits per heavy atom. The molecule has 3 aromatic carbocycles. The average Bonchev–Trinajstić information content (AvgIpc) is 2.77. The minimum absolute atomic E-state index is 0.338. The molecule has 0 aliphatic heterocycles. The number of benzene rings is 3. The number of carbonyl (C=O) groups is 2. The lowest BCUT2D eigenvalue weighted by Crippen LogP contribution is -2.25. The quantitative estimate of drug-likeness (QED) is 0.610. The van der Waals surface area contributed by atoms with Gasteiger partial charge in [-0.1, -0.05) is 42.5 Å². The lowest BCUT2D eigenvalue weighted by molar-refractivity contribution is -0.123. The number of rotatable bonds is 7. The predicted octanol–water partition coefficient (Wildman–Crippen LogP) is 4.24. The van der Waals surface area contributed by atoms with E-state index in [9.17, 15) is 9.59 Å². The van der Waals surface area contributed by atoms with Gasteiger partial charge in [-0.15, -0.1) is 0 Å². The van der Waals surface area contributed by atoms with Crippen LogP contribution >= 0.6 is 0 Å². The average molecular weight is 391 g/mol. The molecule has 0 aromatic heterocycles. The maximum absolute atomic E-state index is 13.0. The van der Waals surface area contributed by atoms with Gasteiger partial charge >= 0.3 is 5.97 Å². The summed E-state index contributed by atoms with van der Waals surface area (Å²) in [5, 5.41) is 2.85. The van der Waals surface area contributed by atoms with Gasteiger partial charge in [0.05, 0.1) is 19.8 Å². The molecule has 0 heterocycles. The van der Waals surface area contributed by atoms with Gasteiger partial charge in [0.25, 0.3) is 5.91 Å². The second kappa shape index (κ2) is 9.41. The summed E-state index contributed by atoms with van der Waals surface area (Å²) < 4.78 is 15.9. The van der Waals surface area contributed by atoms with E-state index < -0.39 is 12.1 Å². The Kier molecular flexibility index (Phi) is 6.47. The van der Waals surface area contributed by atoms with E-state index in [1.165, 1.54) is 7.11 Å². The summed E-state index contributed by atoms with van der Waals surface area (Å²) >= 11 is 0. The van der Waals surface area contributed by atoms with E-state index in [1.807, 2.05) is 18.2 Å². The number of amides is 1. The van der Waals surface area contributed by atoms with Crippen LogP contribution < -0.4 is 14.8 Å². The first-order valence-electron chi connectivity index (χ1n) is 8.95. The Balaban J connectivity index is 1.87. The Labute approximate surface area is 169 Å². The molecule has 6 heteroatoms. The smallest absolute Gasteiger partial charge is 0.337 e. The van der Waals surface area contributed by atoms with Gasteiger partial charge < -0.3 is 19.5 Å². The summed E-state index contributed by atoms with van der Waals surface area (Å²) in [7, 11) is 2.87. The van der Waals surface area contributed by atoms with E-state index in [1.54, 1.807) is 67.8 Å². The normalized spacial score (nSPS) is 11.2.